The summed E-state index contributed by atoms with van der Waals surface area (Å²) in [5.41, 5.74) is 0. The maximum absolute atomic E-state index is 0. The Morgan fingerprint density at radius 1 is 0.500 bits per heavy atom. The van der Waals surface area contributed by atoms with Crippen LogP contribution >= 0.6 is 0 Å². The molecule has 0 aliphatic heterocycles. The molecule has 0 aliphatic rings. The van der Waals surface area contributed by atoms with Crippen LogP contribution in [0.5, 0.6) is 0 Å². The third-order valence-corrected chi connectivity index (χ3v) is 0. The first-order valence-electron chi connectivity index (χ1n) is 0. The Balaban J connectivity index is 0. The Kier molecular flexibility index (Phi) is 23800. The van der Waals surface area contributed by atoms with Gasteiger partial charge in [-0.3, -0.25) is 4.70 Å². The van der Waals surface area contributed by atoms with Crippen LogP contribution < -0.4 is 0 Å². The fraction of sp³-hybridized carbons (Fsp3) is 0. The maximum atomic E-state index is 0. The molecule has 0 fully saturated rings. The monoisotopic (exact) mass is 178 g/mol. The molecule has 0 aromatic rings. The van der Waals surface area contributed by atoms with Gasteiger partial charge in [-0.25, -0.2) is 0 Å². The summed E-state index contributed by atoms with van der Waals surface area (Å²) in [6.45, 7) is 0. The first-order valence-corrected chi connectivity index (χ1v) is 0. The van der Waals surface area contributed by atoms with Gasteiger partial charge in [-0.1, -0.05) is 0 Å². The average molecular weight is 179 g/mol. The van der Waals surface area contributed by atoms with Crippen molar-refractivity contribution >= 4 is 0 Å². The van der Waals surface area contributed by atoms with Crippen LogP contribution in [-0.4, -0.2) is 21.9 Å². The van der Waals surface area contributed by atoms with Gasteiger partial charge in [0.15, 0.2) is 0 Å². The van der Waals surface area contributed by atoms with E-state index in [-0.39, 0.29) is 52.8 Å². The Labute approximate surface area is 53.3 Å². The molecule has 0 aromatic carbocycles. The van der Waals surface area contributed by atoms with Crippen molar-refractivity contribution in [2.45, 2.75) is 0 Å². The van der Waals surface area contributed by atoms with E-state index in [1.54, 1.807) is 0 Å². The number of hydrogen-bond donors (Lipinski definition) is 0. The third kappa shape index (κ3) is 146. The van der Waals surface area contributed by atoms with Crippen LogP contribution in [0.2, 0.25) is 0 Å². The first-order chi connectivity index (χ1) is 0. The second-order valence-electron chi connectivity index (χ2n) is 0. The molecule has 0 spiro atoms. The first kappa shape index (κ1) is 498. The van der Waals surface area contributed by atoms with E-state index in [0.29, 0.717) is 0 Å². The molecule has 0 unspecified atom stereocenters. The summed E-state index contributed by atoms with van der Waals surface area (Å²) < 4.78 is 0. The van der Waals surface area contributed by atoms with E-state index in [2.05, 4.69) is 0 Å². The average Bonchev–Trinajstić information content (AvgIpc) is 0. The molecule has 0 aromatic heterocycles. The summed E-state index contributed by atoms with van der Waals surface area (Å²) in [4.78, 5) is 0. The largest absolute Gasteiger partial charge is 4.00 e. The number of halogens is 1. The van der Waals surface area contributed by atoms with Crippen LogP contribution in [0, 0.1) is 0 Å². The van der Waals surface area contributed by atoms with E-state index in [1.807, 2.05) is 0 Å². The molecule has 4 nitrogen and oxygen atoms in total. The van der Waals surface area contributed by atoms with Crippen LogP contribution in [0.1, 0.15) is 0 Å². The van der Waals surface area contributed by atoms with E-state index in [4.69, 9.17) is 0 Å². The molecule has 0 radical (unpaired) electrons. The summed E-state index contributed by atoms with van der Waals surface area (Å²) in [5.74, 6) is 0. The van der Waals surface area contributed by atoms with E-state index < -0.39 is 0 Å². The molecule has 6 heavy (non-hydrogen) atoms. The van der Waals surface area contributed by atoms with Crippen molar-refractivity contribution in [1.29, 1.82) is 0 Å². The topological polar surface area (TPSA) is 120 Å². The molecule has 0 saturated carbocycles. The SMILES string of the molecule is F.[OH-].[OH-].[OH-].[OH-].[Zr+4]. The van der Waals surface area contributed by atoms with Crippen molar-refractivity contribution in [2.24, 2.45) is 0 Å². The predicted molar refractivity (Wildman–Crippen MR) is 10.2 cm³/mol. The number of hydrogen-bond acceptors (Lipinski definition) is 4. The van der Waals surface area contributed by atoms with Gasteiger partial charge in [-0.2, -0.15) is 0 Å². The summed E-state index contributed by atoms with van der Waals surface area (Å²) in [7, 11) is 0. The van der Waals surface area contributed by atoms with Crippen molar-refractivity contribution in [3.05, 3.63) is 0 Å². The van der Waals surface area contributed by atoms with Gasteiger partial charge >= 0.3 is 26.2 Å². The molecule has 0 rings (SSSR count). The van der Waals surface area contributed by atoms with Gasteiger partial charge in [-0.15, -0.1) is 0 Å². The fourth-order valence-electron chi connectivity index (χ4n) is 0. The van der Waals surface area contributed by atoms with Crippen LogP contribution in [0.4, 0.5) is 4.70 Å². The smallest absolute Gasteiger partial charge is 0.870 e. The molecule has 0 heterocycles. The van der Waals surface area contributed by atoms with Gasteiger partial charge in [-0.05, 0) is 0 Å². The van der Waals surface area contributed by atoms with Crippen molar-refractivity contribution in [2.75, 3.05) is 0 Å². The summed E-state index contributed by atoms with van der Waals surface area (Å²) in [6.07, 6.45) is 0. The normalized spacial score (nSPS) is 0. The molecule has 40 valence electrons. The zero-order valence-electron chi connectivity index (χ0n) is 2.70. The van der Waals surface area contributed by atoms with Gasteiger partial charge in [0.05, 0.1) is 0 Å². The Bertz CT molecular complexity index is 7.51. The van der Waals surface area contributed by atoms with Gasteiger partial charge in [0.1, 0.15) is 0 Å². The molecular weight excluding hydrogens is 174 g/mol. The van der Waals surface area contributed by atoms with Crippen LogP contribution in [0.3, 0.4) is 0 Å². The van der Waals surface area contributed by atoms with Crippen LogP contribution in [0.15, 0.2) is 0 Å². The van der Waals surface area contributed by atoms with Gasteiger partial charge in [0.25, 0.3) is 0 Å². The Morgan fingerprint density at radius 2 is 0.500 bits per heavy atom. The molecule has 0 saturated heterocycles. The standard InChI is InChI=1S/FH.4H2O.Zr/h1H;4*1H2;/q;;;;;+4/p-4. The third-order valence-electron chi connectivity index (χ3n) is 0. The maximum Gasteiger partial charge on any atom is 4.00 e. The van der Waals surface area contributed by atoms with E-state index >= 15 is 0 Å². The van der Waals surface area contributed by atoms with E-state index in [1.165, 1.54) is 0 Å². The van der Waals surface area contributed by atoms with Crippen molar-refractivity contribution in [3.63, 3.8) is 0 Å². The summed E-state index contributed by atoms with van der Waals surface area (Å²) in [6, 6.07) is 0. The van der Waals surface area contributed by atoms with Crippen molar-refractivity contribution in [3.8, 4) is 0 Å². The molecule has 0 atom stereocenters. The van der Waals surface area contributed by atoms with Crippen molar-refractivity contribution < 1.29 is 52.8 Å². The minimum absolute atomic E-state index is 0. The molecule has 0 bridgehead atoms. The van der Waals surface area contributed by atoms with Crippen LogP contribution in [-0.2, 0) is 26.2 Å². The van der Waals surface area contributed by atoms with Crippen LogP contribution in [0.25, 0.3) is 0 Å². The van der Waals surface area contributed by atoms with Gasteiger partial charge in [0, 0.05) is 0 Å². The van der Waals surface area contributed by atoms with E-state index in [0.717, 1.165) is 0 Å². The molecule has 6 heteroatoms. The predicted octanol–water partition coefficient (Wildman–Crippen LogP) is -0.557. The second kappa shape index (κ2) is 287. The minimum atomic E-state index is 0. The second-order valence-corrected chi connectivity index (χ2v) is 0. The molecular formula is H5FO4Zr. The van der Waals surface area contributed by atoms with Gasteiger partial charge < -0.3 is 21.9 Å². The minimum Gasteiger partial charge on any atom is -0.870 e. The molecule has 4 N–H and O–H groups in total. The molecule has 0 aliphatic carbocycles. The Hall–Kier alpha value is 0.653. The zero-order chi connectivity index (χ0) is 0. The molecule has 0 amide bonds. The quantitative estimate of drug-likeness (QED) is 0.495. The Morgan fingerprint density at radius 3 is 0.500 bits per heavy atom. The van der Waals surface area contributed by atoms with E-state index in [9.17, 15) is 0 Å². The summed E-state index contributed by atoms with van der Waals surface area (Å²) in [5, 5.41) is 0. The van der Waals surface area contributed by atoms with Gasteiger partial charge in [0.2, 0.25) is 0 Å². The fourth-order valence-corrected chi connectivity index (χ4v) is 0. The summed E-state index contributed by atoms with van der Waals surface area (Å²) >= 11 is 0. The zero-order valence-corrected chi connectivity index (χ0v) is 5.16. The number of rotatable bonds is 0. The van der Waals surface area contributed by atoms with Crippen molar-refractivity contribution in [1.82, 2.24) is 0 Å².